The molecule has 0 spiro atoms. The number of rotatable bonds is 1. The van der Waals surface area contributed by atoms with E-state index in [0.717, 1.165) is 28.9 Å². The molecular weight excluding hydrogens is 248 g/mol. The van der Waals surface area contributed by atoms with Crippen molar-refractivity contribution in [1.29, 1.82) is 0 Å². The molecule has 1 amide bonds. The SMILES string of the molecule is CCC(=O)N1CCc2[nH]c3ccc(Cl)cc3c2C1. The monoisotopic (exact) mass is 262 g/mol. The van der Waals surface area contributed by atoms with Gasteiger partial charge in [-0.05, 0) is 18.2 Å². The average molecular weight is 263 g/mol. The lowest BCUT2D eigenvalue weighted by Gasteiger charge is -2.27. The molecule has 0 unspecified atom stereocenters. The molecule has 18 heavy (non-hydrogen) atoms. The van der Waals surface area contributed by atoms with Crippen LogP contribution in [0, 0.1) is 0 Å². The molecule has 0 saturated heterocycles. The molecule has 3 rings (SSSR count). The van der Waals surface area contributed by atoms with Crippen molar-refractivity contribution in [3.8, 4) is 0 Å². The van der Waals surface area contributed by atoms with Gasteiger partial charge in [-0.3, -0.25) is 4.79 Å². The molecule has 2 heterocycles. The number of nitrogens with one attached hydrogen (secondary N) is 1. The maximum absolute atomic E-state index is 11.8. The summed E-state index contributed by atoms with van der Waals surface area (Å²) in [6, 6.07) is 5.87. The largest absolute Gasteiger partial charge is 0.358 e. The first-order valence-electron chi connectivity index (χ1n) is 6.25. The van der Waals surface area contributed by atoms with Crippen molar-refractivity contribution in [3.63, 3.8) is 0 Å². The first-order chi connectivity index (χ1) is 8.69. The minimum absolute atomic E-state index is 0.219. The quantitative estimate of drug-likeness (QED) is 0.842. The summed E-state index contributed by atoms with van der Waals surface area (Å²) >= 11 is 6.05. The number of hydrogen-bond donors (Lipinski definition) is 1. The van der Waals surface area contributed by atoms with Gasteiger partial charge >= 0.3 is 0 Å². The maximum Gasteiger partial charge on any atom is 0.222 e. The number of halogens is 1. The van der Waals surface area contributed by atoms with Gasteiger partial charge in [-0.15, -0.1) is 0 Å². The van der Waals surface area contributed by atoms with Gasteiger partial charge in [0, 0.05) is 53.1 Å². The van der Waals surface area contributed by atoms with E-state index in [0.29, 0.717) is 13.0 Å². The predicted octanol–water partition coefficient (Wildman–Crippen LogP) is 3.12. The molecule has 0 saturated carbocycles. The van der Waals surface area contributed by atoms with Crippen LogP contribution in [0.4, 0.5) is 0 Å². The molecule has 1 aromatic carbocycles. The number of nitrogens with zero attached hydrogens (tertiary/aromatic N) is 1. The summed E-state index contributed by atoms with van der Waals surface area (Å²) < 4.78 is 0. The molecule has 0 fully saturated rings. The molecule has 1 aliphatic heterocycles. The first-order valence-corrected chi connectivity index (χ1v) is 6.63. The van der Waals surface area contributed by atoms with Crippen LogP contribution in [0.3, 0.4) is 0 Å². The summed E-state index contributed by atoms with van der Waals surface area (Å²) in [5, 5.41) is 1.88. The molecule has 1 aromatic heterocycles. The Bertz CT molecular complexity index is 618. The van der Waals surface area contributed by atoms with Crippen molar-refractivity contribution in [3.05, 3.63) is 34.5 Å². The highest BCUT2D eigenvalue weighted by Gasteiger charge is 2.22. The van der Waals surface area contributed by atoms with E-state index in [2.05, 4.69) is 4.98 Å². The number of H-pyrrole nitrogens is 1. The number of aromatic nitrogens is 1. The highest BCUT2D eigenvalue weighted by atomic mass is 35.5. The van der Waals surface area contributed by atoms with Gasteiger partial charge in [0.15, 0.2) is 0 Å². The van der Waals surface area contributed by atoms with E-state index in [1.165, 1.54) is 11.3 Å². The summed E-state index contributed by atoms with van der Waals surface area (Å²) in [5.74, 6) is 0.219. The van der Waals surface area contributed by atoms with Crippen molar-refractivity contribution in [2.24, 2.45) is 0 Å². The lowest BCUT2D eigenvalue weighted by Crippen LogP contribution is -2.35. The van der Waals surface area contributed by atoms with E-state index in [9.17, 15) is 4.79 Å². The van der Waals surface area contributed by atoms with Crippen LogP contribution < -0.4 is 0 Å². The zero-order valence-corrected chi connectivity index (χ0v) is 11.0. The van der Waals surface area contributed by atoms with Gasteiger partial charge in [0.25, 0.3) is 0 Å². The number of hydrogen-bond acceptors (Lipinski definition) is 1. The number of benzene rings is 1. The lowest BCUT2D eigenvalue weighted by atomic mass is 10.0. The minimum Gasteiger partial charge on any atom is -0.358 e. The molecule has 3 nitrogen and oxygen atoms in total. The Kier molecular flexibility index (Phi) is 2.78. The zero-order chi connectivity index (χ0) is 12.7. The van der Waals surface area contributed by atoms with Gasteiger partial charge in [0.2, 0.25) is 5.91 Å². The van der Waals surface area contributed by atoms with Crippen molar-refractivity contribution in [2.45, 2.75) is 26.3 Å². The molecular formula is C14H15ClN2O. The molecule has 2 aromatic rings. The van der Waals surface area contributed by atoms with Gasteiger partial charge in [-0.1, -0.05) is 18.5 Å². The number of amides is 1. The van der Waals surface area contributed by atoms with Gasteiger partial charge in [-0.25, -0.2) is 0 Å². The van der Waals surface area contributed by atoms with E-state index in [1.54, 1.807) is 0 Å². The van der Waals surface area contributed by atoms with E-state index in [1.807, 2.05) is 30.0 Å². The van der Waals surface area contributed by atoms with Crippen LogP contribution >= 0.6 is 11.6 Å². The average Bonchev–Trinajstić information content (AvgIpc) is 2.75. The zero-order valence-electron chi connectivity index (χ0n) is 10.3. The number of carbonyl (C=O) groups excluding carboxylic acids is 1. The summed E-state index contributed by atoms with van der Waals surface area (Å²) in [6.07, 6.45) is 1.46. The van der Waals surface area contributed by atoms with Gasteiger partial charge < -0.3 is 9.88 Å². The lowest BCUT2D eigenvalue weighted by molar-refractivity contribution is -0.131. The van der Waals surface area contributed by atoms with Crippen molar-refractivity contribution < 1.29 is 4.79 Å². The molecule has 4 heteroatoms. The number of carbonyl (C=O) groups is 1. The summed E-state index contributed by atoms with van der Waals surface area (Å²) in [4.78, 5) is 17.1. The van der Waals surface area contributed by atoms with Crippen LogP contribution in [0.25, 0.3) is 10.9 Å². The second-order valence-corrected chi connectivity index (χ2v) is 5.13. The van der Waals surface area contributed by atoms with Gasteiger partial charge in [0.1, 0.15) is 0 Å². The Morgan fingerprint density at radius 3 is 3.11 bits per heavy atom. The highest BCUT2D eigenvalue weighted by Crippen LogP contribution is 2.29. The predicted molar refractivity (Wildman–Crippen MR) is 72.7 cm³/mol. The molecule has 0 aliphatic carbocycles. The third kappa shape index (κ3) is 1.79. The van der Waals surface area contributed by atoms with Crippen molar-refractivity contribution >= 4 is 28.4 Å². The second kappa shape index (κ2) is 4.32. The van der Waals surface area contributed by atoms with Gasteiger partial charge in [0.05, 0.1) is 0 Å². The van der Waals surface area contributed by atoms with Crippen LogP contribution in [0.2, 0.25) is 5.02 Å². The van der Waals surface area contributed by atoms with Crippen LogP contribution in [0.5, 0.6) is 0 Å². The Morgan fingerprint density at radius 2 is 2.33 bits per heavy atom. The Hall–Kier alpha value is -1.48. The Morgan fingerprint density at radius 1 is 1.50 bits per heavy atom. The van der Waals surface area contributed by atoms with E-state index >= 15 is 0 Å². The fraction of sp³-hybridized carbons (Fsp3) is 0.357. The molecule has 1 aliphatic rings. The topological polar surface area (TPSA) is 36.1 Å². The normalized spacial score (nSPS) is 14.9. The molecule has 0 radical (unpaired) electrons. The fourth-order valence-corrected chi connectivity index (χ4v) is 2.79. The highest BCUT2D eigenvalue weighted by molar-refractivity contribution is 6.31. The standard InChI is InChI=1S/C14H15ClN2O/c1-2-14(18)17-6-5-13-11(8-17)10-7-9(15)3-4-12(10)16-13/h3-4,7,16H,2,5-6,8H2,1H3. The molecule has 0 bridgehead atoms. The summed E-state index contributed by atoms with van der Waals surface area (Å²) in [5.41, 5.74) is 3.57. The molecule has 1 N–H and O–H groups in total. The van der Waals surface area contributed by atoms with Crippen molar-refractivity contribution in [1.82, 2.24) is 9.88 Å². The second-order valence-electron chi connectivity index (χ2n) is 4.69. The minimum atomic E-state index is 0.219. The third-order valence-corrected chi connectivity index (χ3v) is 3.83. The number of fused-ring (bicyclic) bond motifs is 3. The van der Waals surface area contributed by atoms with Crippen molar-refractivity contribution in [2.75, 3.05) is 6.54 Å². The first kappa shape index (κ1) is 11.6. The van der Waals surface area contributed by atoms with Gasteiger partial charge in [-0.2, -0.15) is 0 Å². The van der Waals surface area contributed by atoms with Crippen LogP contribution in [0.15, 0.2) is 18.2 Å². The van der Waals surface area contributed by atoms with E-state index in [-0.39, 0.29) is 5.91 Å². The third-order valence-electron chi connectivity index (χ3n) is 3.59. The smallest absolute Gasteiger partial charge is 0.222 e. The summed E-state index contributed by atoms with van der Waals surface area (Å²) in [7, 11) is 0. The van der Waals surface area contributed by atoms with Crippen LogP contribution in [-0.2, 0) is 17.8 Å². The van der Waals surface area contributed by atoms with Crippen LogP contribution in [0.1, 0.15) is 24.6 Å². The summed E-state index contributed by atoms with van der Waals surface area (Å²) in [6.45, 7) is 3.41. The maximum atomic E-state index is 11.8. The van der Waals surface area contributed by atoms with E-state index < -0.39 is 0 Å². The Balaban J connectivity index is 2.05. The Labute approximate surface area is 111 Å². The molecule has 0 atom stereocenters. The fourth-order valence-electron chi connectivity index (χ4n) is 2.62. The molecule has 94 valence electrons. The van der Waals surface area contributed by atoms with E-state index in [4.69, 9.17) is 11.6 Å². The van der Waals surface area contributed by atoms with Crippen LogP contribution in [-0.4, -0.2) is 22.3 Å². The number of aromatic amines is 1.